The third-order valence-electron chi connectivity index (χ3n) is 4.60. The highest BCUT2D eigenvalue weighted by atomic mass is 35.5. The van der Waals surface area contributed by atoms with Crippen LogP contribution < -0.4 is 10.9 Å². The topological polar surface area (TPSA) is 55.1 Å². The van der Waals surface area contributed by atoms with Gasteiger partial charge in [0, 0.05) is 11.4 Å². The third-order valence-corrected chi connectivity index (χ3v) is 5.95. The van der Waals surface area contributed by atoms with Gasteiger partial charge >= 0.3 is 5.63 Å². The van der Waals surface area contributed by atoms with Gasteiger partial charge in [0.05, 0.1) is 15.3 Å². The summed E-state index contributed by atoms with van der Waals surface area (Å²) in [6.45, 7) is 5.25. The molecule has 0 spiro atoms. The van der Waals surface area contributed by atoms with E-state index in [9.17, 15) is 4.79 Å². The first-order chi connectivity index (χ1) is 13.5. The van der Waals surface area contributed by atoms with Crippen LogP contribution in [0.5, 0.6) is 0 Å². The second kappa shape index (κ2) is 8.03. The molecule has 0 aliphatic rings. The summed E-state index contributed by atoms with van der Waals surface area (Å²) in [6, 6.07) is 14.0. The lowest BCUT2D eigenvalue weighted by Crippen LogP contribution is -2.23. The molecule has 2 heterocycles. The maximum Gasteiger partial charge on any atom is 0.346 e. The Bertz CT molecular complexity index is 1200. The molecule has 6 heteroatoms. The summed E-state index contributed by atoms with van der Waals surface area (Å²) in [4.78, 5) is 17.2. The molecule has 0 aliphatic heterocycles. The van der Waals surface area contributed by atoms with Crippen LogP contribution >= 0.6 is 22.9 Å². The number of rotatable bonds is 6. The molecule has 0 amide bonds. The summed E-state index contributed by atoms with van der Waals surface area (Å²) >= 11 is 7.66. The van der Waals surface area contributed by atoms with Crippen molar-refractivity contribution in [1.29, 1.82) is 0 Å². The van der Waals surface area contributed by atoms with Crippen molar-refractivity contribution >= 4 is 44.1 Å². The van der Waals surface area contributed by atoms with Gasteiger partial charge in [0.25, 0.3) is 0 Å². The summed E-state index contributed by atoms with van der Waals surface area (Å²) < 4.78 is 6.57. The van der Waals surface area contributed by atoms with Gasteiger partial charge in [0.1, 0.15) is 16.1 Å². The van der Waals surface area contributed by atoms with Crippen molar-refractivity contribution in [2.45, 2.75) is 32.7 Å². The number of thiazole rings is 1. The first-order valence-electron chi connectivity index (χ1n) is 9.37. The summed E-state index contributed by atoms with van der Waals surface area (Å²) in [5.41, 5.74) is 2.59. The van der Waals surface area contributed by atoms with Crippen molar-refractivity contribution in [2.75, 3.05) is 6.54 Å². The lowest BCUT2D eigenvalue weighted by atomic mass is 10.1. The number of halogens is 1. The molecule has 0 unspecified atom stereocenters. The quantitative estimate of drug-likeness (QED) is 0.328. The molecule has 0 bridgehead atoms. The van der Waals surface area contributed by atoms with Gasteiger partial charge in [-0.25, -0.2) is 9.78 Å². The maximum atomic E-state index is 12.6. The molecule has 1 N–H and O–H groups in total. The minimum Gasteiger partial charge on any atom is -0.422 e. The minimum atomic E-state index is -0.374. The lowest BCUT2D eigenvalue weighted by molar-refractivity contribution is 0.560. The Morgan fingerprint density at radius 1 is 1.21 bits per heavy atom. The van der Waals surface area contributed by atoms with Crippen LogP contribution in [0, 0.1) is 0 Å². The van der Waals surface area contributed by atoms with E-state index in [1.165, 1.54) is 16.9 Å². The average molecular weight is 413 g/mol. The summed E-state index contributed by atoms with van der Waals surface area (Å²) in [5, 5.41) is 5.52. The fourth-order valence-corrected chi connectivity index (χ4v) is 4.44. The molecule has 0 aliphatic carbocycles. The fraction of sp³-hybridized carbons (Fsp3) is 0.273. The molecule has 2 aromatic carbocycles. The van der Waals surface area contributed by atoms with Crippen molar-refractivity contribution in [3.8, 4) is 10.6 Å². The van der Waals surface area contributed by atoms with Crippen LogP contribution in [-0.4, -0.2) is 17.6 Å². The zero-order valence-corrected chi connectivity index (χ0v) is 17.4. The number of fused-ring (bicyclic) bond motifs is 2. The smallest absolute Gasteiger partial charge is 0.346 e. The van der Waals surface area contributed by atoms with E-state index in [1.54, 1.807) is 6.07 Å². The highest BCUT2D eigenvalue weighted by Gasteiger charge is 2.14. The number of para-hydroxylation sites is 1. The average Bonchev–Trinajstić information content (AvgIpc) is 3.10. The van der Waals surface area contributed by atoms with E-state index in [0.29, 0.717) is 32.7 Å². The van der Waals surface area contributed by atoms with Crippen LogP contribution in [0.2, 0.25) is 5.02 Å². The predicted octanol–water partition coefficient (Wildman–Crippen LogP) is 5.65. The van der Waals surface area contributed by atoms with Crippen molar-refractivity contribution in [3.63, 3.8) is 0 Å². The van der Waals surface area contributed by atoms with E-state index in [-0.39, 0.29) is 5.63 Å². The molecule has 4 rings (SSSR count). The van der Waals surface area contributed by atoms with Crippen LogP contribution in [0.25, 0.3) is 31.8 Å². The van der Waals surface area contributed by atoms with Gasteiger partial charge in [0.2, 0.25) is 0 Å². The van der Waals surface area contributed by atoms with Gasteiger partial charge in [-0.05, 0) is 49.2 Å². The van der Waals surface area contributed by atoms with Crippen molar-refractivity contribution in [3.05, 3.63) is 63.5 Å². The largest absolute Gasteiger partial charge is 0.422 e. The highest BCUT2D eigenvalue weighted by Crippen LogP contribution is 2.33. The van der Waals surface area contributed by atoms with Crippen LogP contribution in [0.4, 0.5) is 0 Å². The molecule has 4 nitrogen and oxygen atoms in total. The Labute approximate surface area is 172 Å². The van der Waals surface area contributed by atoms with Crippen molar-refractivity contribution in [2.24, 2.45) is 0 Å². The Hall–Kier alpha value is -2.21. The number of hydrogen-bond acceptors (Lipinski definition) is 5. The molecule has 0 fully saturated rings. The maximum absolute atomic E-state index is 12.6. The van der Waals surface area contributed by atoms with Crippen LogP contribution in [0.1, 0.15) is 25.8 Å². The monoisotopic (exact) mass is 412 g/mol. The van der Waals surface area contributed by atoms with E-state index in [0.717, 1.165) is 29.5 Å². The number of nitrogens with one attached hydrogen (secondary N) is 1. The zero-order chi connectivity index (χ0) is 19.7. The molecule has 0 radical (unpaired) electrons. The number of aromatic nitrogens is 1. The normalized spacial score (nSPS) is 11.7. The summed E-state index contributed by atoms with van der Waals surface area (Å²) in [5.74, 6) is 0. The second-order valence-electron chi connectivity index (χ2n) is 7.14. The van der Waals surface area contributed by atoms with Crippen LogP contribution in [0.3, 0.4) is 0 Å². The molecule has 0 atom stereocenters. The van der Waals surface area contributed by atoms with Gasteiger partial charge in [-0.3, -0.25) is 0 Å². The minimum absolute atomic E-state index is 0.374. The fourth-order valence-electron chi connectivity index (χ4n) is 3.17. The van der Waals surface area contributed by atoms with Gasteiger partial charge < -0.3 is 9.73 Å². The number of nitrogens with zero attached hydrogens (tertiary/aromatic N) is 1. The standard InChI is InChI=1S/C22H21ClN2O2S/c1-13(2)24-10-4-5-14-8-9-15-12-16(22(26)27-18(15)11-14)21-25-20-17(23)6-3-7-19(20)28-21/h3,6-9,11-13,24H,4-5,10H2,1-2H3. The molecule has 0 saturated carbocycles. The number of hydrogen-bond donors (Lipinski definition) is 1. The van der Waals surface area contributed by atoms with Gasteiger partial charge in [0.15, 0.2) is 0 Å². The Morgan fingerprint density at radius 3 is 2.86 bits per heavy atom. The van der Waals surface area contributed by atoms with Gasteiger partial charge in [-0.1, -0.05) is 43.6 Å². The number of benzene rings is 2. The molecule has 4 aromatic rings. The molecule has 28 heavy (non-hydrogen) atoms. The van der Waals surface area contributed by atoms with E-state index >= 15 is 0 Å². The number of aryl methyl sites for hydroxylation is 1. The molecule has 0 saturated heterocycles. The SMILES string of the molecule is CC(C)NCCCc1ccc2cc(-c3nc4c(Cl)cccc4s3)c(=O)oc2c1. The molecule has 144 valence electrons. The highest BCUT2D eigenvalue weighted by molar-refractivity contribution is 7.21. The predicted molar refractivity (Wildman–Crippen MR) is 118 cm³/mol. The summed E-state index contributed by atoms with van der Waals surface area (Å²) in [6.07, 6.45) is 1.98. The Balaban J connectivity index is 1.64. The zero-order valence-electron chi connectivity index (χ0n) is 15.8. The van der Waals surface area contributed by atoms with Gasteiger partial charge in [-0.2, -0.15) is 0 Å². The molecular formula is C22H21ClN2O2S. The van der Waals surface area contributed by atoms with E-state index < -0.39 is 0 Å². The lowest BCUT2D eigenvalue weighted by Gasteiger charge is -2.08. The van der Waals surface area contributed by atoms with E-state index in [2.05, 4.69) is 30.2 Å². The van der Waals surface area contributed by atoms with E-state index in [4.69, 9.17) is 16.0 Å². The third kappa shape index (κ3) is 3.97. The molecule has 2 aromatic heterocycles. The van der Waals surface area contributed by atoms with Crippen LogP contribution in [0.15, 0.2) is 51.7 Å². The van der Waals surface area contributed by atoms with Gasteiger partial charge in [-0.15, -0.1) is 11.3 Å². The Morgan fingerprint density at radius 2 is 2.07 bits per heavy atom. The van der Waals surface area contributed by atoms with E-state index in [1.807, 2.05) is 30.3 Å². The van der Waals surface area contributed by atoms with Crippen molar-refractivity contribution < 1.29 is 4.42 Å². The second-order valence-corrected chi connectivity index (χ2v) is 8.58. The summed E-state index contributed by atoms with van der Waals surface area (Å²) in [7, 11) is 0. The molecular weight excluding hydrogens is 392 g/mol. The van der Waals surface area contributed by atoms with Crippen LogP contribution in [-0.2, 0) is 6.42 Å². The van der Waals surface area contributed by atoms with Crippen molar-refractivity contribution in [1.82, 2.24) is 10.3 Å². The first kappa shape index (κ1) is 19.1. The Kier molecular flexibility index (Phi) is 5.49. The first-order valence-corrected chi connectivity index (χ1v) is 10.6.